The second-order valence-corrected chi connectivity index (χ2v) is 5.22. The zero-order valence-corrected chi connectivity index (χ0v) is 12.2. The van der Waals surface area contributed by atoms with Crippen LogP contribution in [0.25, 0.3) is 0 Å². The fourth-order valence-electron chi connectivity index (χ4n) is 1.79. The highest BCUT2D eigenvalue weighted by Gasteiger charge is 2.12. The predicted molar refractivity (Wildman–Crippen MR) is 79.9 cm³/mol. The van der Waals surface area contributed by atoms with Crippen molar-refractivity contribution in [3.05, 3.63) is 51.7 Å². The Morgan fingerprint density at radius 1 is 1.35 bits per heavy atom. The first-order chi connectivity index (χ1) is 9.38. The van der Waals surface area contributed by atoms with Crippen LogP contribution in [0.5, 0.6) is 0 Å². The number of carboxylic acids is 1. The van der Waals surface area contributed by atoms with Gasteiger partial charge in [-0.3, -0.25) is 0 Å². The van der Waals surface area contributed by atoms with Crippen LogP contribution in [0.3, 0.4) is 0 Å². The molecule has 20 heavy (non-hydrogen) atoms. The highest BCUT2D eigenvalue weighted by atomic mass is 79.9. The Labute approximate surface area is 123 Å². The molecule has 0 bridgehead atoms. The van der Waals surface area contributed by atoms with E-state index in [1.165, 1.54) is 12.1 Å². The molecule has 4 N–H and O–H groups in total. The Hall–Kier alpha value is -2.08. The van der Waals surface area contributed by atoms with Gasteiger partial charge in [0.25, 0.3) is 0 Å². The summed E-state index contributed by atoms with van der Waals surface area (Å²) >= 11 is 3.17. The number of hydrogen-bond donors (Lipinski definition) is 3. The molecular formula is C14H12BrFN2O2. The Kier molecular flexibility index (Phi) is 3.94. The Morgan fingerprint density at radius 3 is 2.65 bits per heavy atom. The molecule has 4 nitrogen and oxygen atoms in total. The van der Waals surface area contributed by atoms with E-state index in [2.05, 4.69) is 21.2 Å². The van der Waals surface area contributed by atoms with Crippen LogP contribution >= 0.6 is 15.9 Å². The first kappa shape index (κ1) is 14.3. The molecule has 0 aliphatic heterocycles. The summed E-state index contributed by atoms with van der Waals surface area (Å²) in [5, 5.41) is 11.9. The lowest BCUT2D eigenvalue weighted by Gasteiger charge is -2.12. The summed E-state index contributed by atoms with van der Waals surface area (Å²) in [4.78, 5) is 11.1. The number of carboxylic acid groups (broad SMARTS) is 1. The highest BCUT2D eigenvalue weighted by Crippen LogP contribution is 2.27. The normalized spacial score (nSPS) is 10.3. The minimum absolute atomic E-state index is 0.00924. The summed E-state index contributed by atoms with van der Waals surface area (Å²) in [5.74, 6) is -1.56. The minimum atomic E-state index is -1.12. The summed E-state index contributed by atoms with van der Waals surface area (Å²) in [7, 11) is 0. The van der Waals surface area contributed by atoms with Crippen molar-refractivity contribution in [2.24, 2.45) is 0 Å². The smallest absolute Gasteiger partial charge is 0.337 e. The Balaban J connectivity index is 2.41. The number of carbonyl (C=O) groups is 1. The minimum Gasteiger partial charge on any atom is -0.478 e. The molecule has 0 fully saturated rings. The molecule has 0 saturated heterocycles. The molecular weight excluding hydrogens is 327 g/mol. The van der Waals surface area contributed by atoms with E-state index in [9.17, 15) is 9.18 Å². The van der Waals surface area contributed by atoms with Gasteiger partial charge in [0.15, 0.2) is 0 Å². The quantitative estimate of drug-likeness (QED) is 0.741. The van der Waals surface area contributed by atoms with E-state index >= 15 is 0 Å². The van der Waals surface area contributed by atoms with Gasteiger partial charge in [-0.2, -0.15) is 0 Å². The molecule has 0 heterocycles. The van der Waals surface area contributed by atoms with Crippen LogP contribution in [0, 0.1) is 12.7 Å². The lowest BCUT2D eigenvalue weighted by atomic mass is 10.1. The maximum atomic E-state index is 13.7. The lowest BCUT2D eigenvalue weighted by molar-refractivity contribution is 0.0698. The standard InChI is InChI=1S/C14H12BrFN2O2/c1-7-4-9(6-10(13(7)17)14(19)20)18-12-3-2-8(15)5-11(12)16/h2-6,18H,17H2,1H3,(H,19,20). The zero-order valence-electron chi connectivity index (χ0n) is 10.6. The van der Waals surface area contributed by atoms with Crippen molar-refractivity contribution in [3.63, 3.8) is 0 Å². The number of aromatic carboxylic acids is 1. The molecule has 2 aromatic carbocycles. The SMILES string of the molecule is Cc1cc(Nc2ccc(Br)cc2F)cc(C(=O)O)c1N. The van der Waals surface area contributed by atoms with Crippen LogP contribution in [0.15, 0.2) is 34.8 Å². The number of halogens is 2. The van der Waals surface area contributed by atoms with Crippen molar-refractivity contribution in [2.45, 2.75) is 6.92 Å². The average Bonchev–Trinajstić information content (AvgIpc) is 2.36. The summed E-state index contributed by atoms with van der Waals surface area (Å²) in [6.07, 6.45) is 0. The second-order valence-electron chi connectivity index (χ2n) is 4.31. The van der Waals surface area contributed by atoms with Gasteiger partial charge in [-0.05, 0) is 42.8 Å². The third kappa shape index (κ3) is 2.91. The molecule has 2 aromatic rings. The molecule has 0 unspecified atom stereocenters. The summed E-state index contributed by atoms with van der Waals surface area (Å²) in [6.45, 7) is 1.70. The van der Waals surface area contributed by atoms with E-state index in [1.807, 2.05) is 0 Å². The van der Waals surface area contributed by atoms with Gasteiger partial charge in [0.05, 0.1) is 11.3 Å². The molecule has 6 heteroatoms. The first-order valence-corrected chi connectivity index (χ1v) is 6.53. The largest absolute Gasteiger partial charge is 0.478 e. The van der Waals surface area contributed by atoms with Gasteiger partial charge in [-0.25, -0.2) is 9.18 Å². The molecule has 0 saturated carbocycles. The first-order valence-electron chi connectivity index (χ1n) is 5.74. The summed E-state index contributed by atoms with van der Waals surface area (Å²) in [6, 6.07) is 7.62. The van der Waals surface area contributed by atoms with Gasteiger partial charge in [0.2, 0.25) is 0 Å². The lowest BCUT2D eigenvalue weighted by Crippen LogP contribution is -2.06. The van der Waals surface area contributed by atoms with Gasteiger partial charge in [-0.1, -0.05) is 15.9 Å². The van der Waals surface area contributed by atoms with Crippen molar-refractivity contribution in [3.8, 4) is 0 Å². The number of nitrogens with one attached hydrogen (secondary N) is 1. The number of rotatable bonds is 3. The van der Waals surface area contributed by atoms with Crippen LogP contribution in [0.2, 0.25) is 0 Å². The molecule has 0 amide bonds. The van der Waals surface area contributed by atoms with Crippen LogP contribution in [0.4, 0.5) is 21.5 Å². The van der Waals surface area contributed by atoms with E-state index in [-0.39, 0.29) is 16.9 Å². The summed E-state index contributed by atoms with van der Waals surface area (Å²) < 4.78 is 14.4. The molecule has 0 atom stereocenters. The molecule has 0 radical (unpaired) electrons. The van der Waals surface area contributed by atoms with Crippen LogP contribution < -0.4 is 11.1 Å². The second kappa shape index (κ2) is 5.50. The van der Waals surface area contributed by atoms with Gasteiger partial charge in [-0.15, -0.1) is 0 Å². The number of nitrogen functional groups attached to an aromatic ring is 1. The van der Waals surface area contributed by atoms with Gasteiger partial charge in [0, 0.05) is 15.8 Å². The maximum absolute atomic E-state index is 13.7. The number of hydrogen-bond acceptors (Lipinski definition) is 3. The monoisotopic (exact) mass is 338 g/mol. The number of benzene rings is 2. The Bertz CT molecular complexity index is 689. The van der Waals surface area contributed by atoms with Crippen LogP contribution in [-0.2, 0) is 0 Å². The zero-order chi connectivity index (χ0) is 14.9. The van der Waals surface area contributed by atoms with E-state index in [0.717, 1.165) is 0 Å². The molecule has 2 rings (SSSR count). The summed E-state index contributed by atoms with van der Waals surface area (Å²) in [5.41, 5.74) is 7.25. The van der Waals surface area contributed by atoms with Crippen molar-refractivity contribution in [1.29, 1.82) is 0 Å². The molecule has 0 spiro atoms. The van der Waals surface area contributed by atoms with E-state index in [4.69, 9.17) is 10.8 Å². The van der Waals surface area contributed by atoms with Gasteiger partial charge in [0.1, 0.15) is 5.82 Å². The van der Waals surface area contributed by atoms with Crippen molar-refractivity contribution < 1.29 is 14.3 Å². The van der Waals surface area contributed by atoms with Crippen molar-refractivity contribution in [1.82, 2.24) is 0 Å². The van der Waals surface area contributed by atoms with E-state index < -0.39 is 11.8 Å². The van der Waals surface area contributed by atoms with Gasteiger partial charge >= 0.3 is 5.97 Å². The topological polar surface area (TPSA) is 75.3 Å². The molecule has 0 aromatic heterocycles. The van der Waals surface area contributed by atoms with Crippen LogP contribution in [0.1, 0.15) is 15.9 Å². The fraction of sp³-hybridized carbons (Fsp3) is 0.0714. The number of anilines is 3. The highest BCUT2D eigenvalue weighted by molar-refractivity contribution is 9.10. The van der Waals surface area contributed by atoms with Gasteiger partial charge < -0.3 is 16.2 Å². The maximum Gasteiger partial charge on any atom is 0.337 e. The van der Waals surface area contributed by atoms with Crippen molar-refractivity contribution >= 4 is 39.0 Å². The van der Waals surface area contributed by atoms with E-state index in [0.29, 0.717) is 15.7 Å². The van der Waals surface area contributed by atoms with Crippen molar-refractivity contribution in [2.75, 3.05) is 11.1 Å². The third-order valence-corrected chi connectivity index (χ3v) is 3.32. The molecule has 104 valence electrons. The number of nitrogens with two attached hydrogens (primary N) is 1. The molecule has 0 aliphatic rings. The van der Waals surface area contributed by atoms with Crippen LogP contribution in [-0.4, -0.2) is 11.1 Å². The fourth-order valence-corrected chi connectivity index (χ4v) is 2.13. The third-order valence-electron chi connectivity index (χ3n) is 2.83. The Morgan fingerprint density at radius 2 is 2.05 bits per heavy atom. The number of aryl methyl sites for hydroxylation is 1. The average molecular weight is 339 g/mol. The predicted octanol–water partition coefficient (Wildman–Crippen LogP) is 3.92. The molecule has 0 aliphatic carbocycles. The van der Waals surface area contributed by atoms with E-state index in [1.54, 1.807) is 25.1 Å².